The summed E-state index contributed by atoms with van der Waals surface area (Å²) in [4.78, 5) is 37.7. The van der Waals surface area contributed by atoms with Crippen molar-refractivity contribution in [2.24, 2.45) is 0 Å². The number of furan rings is 1. The molecule has 1 fully saturated rings. The van der Waals surface area contributed by atoms with Crippen molar-refractivity contribution in [1.82, 2.24) is 30.5 Å². The van der Waals surface area contributed by atoms with Gasteiger partial charge in [0.2, 0.25) is 5.91 Å². The summed E-state index contributed by atoms with van der Waals surface area (Å²) in [7, 11) is 0. The Kier molecular flexibility index (Phi) is 5.51. The van der Waals surface area contributed by atoms with Gasteiger partial charge in [-0.05, 0) is 31.5 Å². The van der Waals surface area contributed by atoms with Crippen LogP contribution in [0.1, 0.15) is 19.4 Å². The molecule has 2 N–H and O–H groups in total. The van der Waals surface area contributed by atoms with Crippen LogP contribution in [0.3, 0.4) is 0 Å². The third-order valence-corrected chi connectivity index (χ3v) is 5.85. The van der Waals surface area contributed by atoms with E-state index in [2.05, 4.69) is 20.9 Å². The lowest BCUT2D eigenvalue weighted by Crippen LogP contribution is -2.48. The lowest BCUT2D eigenvalue weighted by Gasteiger charge is -2.22. The summed E-state index contributed by atoms with van der Waals surface area (Å²) in [5.74, 6) is -0.00159. The fourth-order valence-electron chi connectivity index (χ4n) is 3.26. The summed E-state index contributed by atoms with van der Waals surface area (Å²) in [5.41, 5.74) is 1.76. The molecule has 0 saturated carbocycles. The van der Waals surface area contributed by atoms with Gasteiger partial charge in [0.1, 0.15) is 5.54 Å². The van der Waals surface area contributed by atoms with Crippen LogP contribution >= 0.6 is 11.8 Å². The standard InChI is InChI=1S/C20H20N6O4S/c1-3-25-16(14-10-7-11-30-14)22-23-19(25)31-12-15(27)24-26-17(28)20(2,21-18(26)29)13-8-5-4-6-9-13/h4-11H,3,12H2,1-2H3,(H,21,29)(H,24,27)/t20-/m0/s1. The molecular formula is C20H20N6O4S. The molecule has 31 heavy (non-hydrogen) atoms. The summed E-state index contributed by atoms with van der Waals surface area (Å²) in [5, 5.41) is 12.1. The number of nitrogens with zero attached hydrogens (tertiary/aromatic N) is 4. The molecule has 1 aliphatic rings. The van der Waals surface area contributed by atoms with Gasteiger partial charge < -0.3 is 9.73 Å². The fourth-order valence-corrected chi connectivity index (χ4v) is 4.06. The first-order valence-corrected chi connectivity index (χ1v) is 10.5. The normalized spacial score (nSPS) is 18.3. The number of thioether (sulfide) groups is 1. The van der Waals surface area contributed by atoms with E-state index in [4.69, 9.17) is 4.42 Å². The van der Waals surface area contributed by atoms with Crippen LogP contribution in [0, 0.1) is 0 Å². The lowest BCUT2D eigenvalue weighted by atomic mass is 9.92. The van der Waals surface area contributed by atoms with E-state index in [9.17, 15) is 14.4 Å². The second-order valence-corrected chi connectivity index (χ2v) is 7.86. The molecule has 4 amide bonds. The Morgan fingerprint density at radius 2 is 1.97 bits per heavy atom. The average molecular weight is 440 g/mol. The first kappa shape index (κ1) is 20.7. The second kappa shape index (κ2) is 8.26. The maximum atomic E-state index is 12.9. The molecule has 3 heterocycles. The number of aromatic nitrogens is 3. The largest absolute Gasteiger partial charge is 0.461 e. The zero-order chi connectivity index (χ0) is 22.0. The van der Waals surface area contributed by atoms with E-state index in [0.717, 1.165) is 11.8 Å². The monoisotopic (exact) mass is 440 g/mol. The first-order chi connectivity index (χ1) is 14.9. The second-order valence-electron chi connectivity index (χ2n) is 6.91. The van der Waals surface area contributed by atoms with Crippen LogP contribution in [0.15, 0.2) is 58.3 Å². The van der Waals surface area contributed by atoms with Crippen molar-refractivity contribution in [2.75, 3.05) is 5.75 Å². The number of carbonyl (C=O) groups is 3. The molecule has 1 atom stereocenters. The molecule has 0 spiro atoms. The van der Waals surface area contributed by atoms with Crippen molar-refractivity contribution >= 4 is 29.6 Å². The number of nitrogens with one attached hydrogen (secondary N) is 2. The Balaban J connectivity index is 1.42. The molecule has 1 aromatic carbocycles. The Bertz CT molecular complexity index is 1110. The maximum Gasteiger partial charge on any atom is 0.344 e. The number of urea groups is 1. The minimum absolute atomic E-state index is 0.0601. The summed E-state index contributed by atoms with van der Waals surface area (Å²) < 4.78 is 7.19. The quantitative estimate of drug-likeness (QED) is 0.426. The number of rotatable bonds is 7. The third-order valence-electron chi connectivity index (χ3n) is 4.89. The number of amides is 4. The highest BCUT2D eigenvalue weighted by atomic mass is 32.2. The predicted molar refractivity (Wildman–Crippen MR) is 111 cm³/mol. The number of carbonyl (C=O) groups excluding carboxylic acids is 3. The zero-order valence-electron chi connectivity index (χ0n) is 16.9. The Morgan fingerprint density at radius 1 is 1.19 bits per heavy atom. The van der Waals surface area contributed by atoms with E-state index >= 15 is 0 Å². The van der Waals surface area contributed by atoms with Crippen LogP contribution in [0.25, 0.3) is 11.6 Å². The van der Waals surface area contributed by atoms with Gasteiger partial charge in [0.05, 0.1) is 12.0 Å². The number of hydrogen-bond donors (Lipinski definition) is 2. The predicted octanol–water partition coefficient (Wildman–Crippen LogP) is 2.15. The van der Waals surface area contributed by atoms with Crippen LogP contribution in [-0.2, 0) is 21.7 Å². The number of hydrazine groups is 1. The molecule has 0 bridgehead atoms. The third kappa shape index (κ3) is 3.79. The van der Waals surface area contributed by atoms with E-state index in [1.54, 1.807) is 49.6 Å². The van der Waals surface area contributed by atoms with Gasteiger partial charge in [-0.3, -0.25) is 19.6 Å². The highest BCUT2D eigenvalue weighted by Gasteiger charge is 2.49. The topological polar surface area (TPSA) is 122 Å². The highest BCUT2D eigenvalue weighted by molar-refractivity contribution is 7.99. The summed E-state index contributed by atoms with van der Waals surface area (Å²) in [6, 6.07) is 11.7. The van der Waals surface area contributed by atoms with Crippen LogP contribution < -0.4 is 10.7 Å². The minimum Gasteiger partial charge on any atom is -0.461 e. The summed E-state index contributed by atoms with van der Waals surface area (Å²) in [6.45, 7) is 4.11. The van der Waals surface area contributed by atoms with Gasteiger partial charge in [-0.25, -0.2) is 4.79 Å². The van der Waals surface area contributed by atoms with Gasteiger partial charge in [0.15, 0.2) is 16.7 Å². The van der Waals surface area contributed by atoms with Crippen LogP contribution in [-0.4, -0.2) is 43.4 Å². The van der Waals surface area contributed by atoms with Crippen molar-refractivity contribution in [2.45, 2.75) is 31.1 Å². The van der Waals surface area contributed by atoms with Crippen molar-refractivity contribution in [3.63, 3.8) is 0 Å². The first-order valence-electron chi connectivity index (χ1n) is 9.55. The van der Waals surface area contributed by atoms with Crippen molar-refractivity contribution in [3.8, 4) is 11.6 Å². The zero-order valence-corrected chi connectivity index (χ0v) is 17.7. The van der Waals surface area contributed by atoms with E-state index < -0.39 is 23.4 Å². The number of imide groups is 1. The highest BCUT2D eigenvalue weighted by Crippen LogP contribution is 2.28. The molecule has 160 valence electrons. The van der Waals surface area contributed by atoms with Gasteiger partial charge in [-0.1, -0.05) is 42.1 Å². The molecule has 1 aliphatic heterocycles. The van der Waals surface area contributed by atoms with E-state index in [-0.39, 0.29) is 5.75 Å². The van der Waals surface area contributed by atoms with Gasteiger partial charge in [0.25, 0.3) is 5.91 Å². The van der Waals surface area contributed by atoms with Gasteiger partial charge in [-0.2, -0.15) is 5.01 Å². The van der Waals surface area contributed by atoms with Crippen LogP contribution in [0.2, 0.25) is 0 Å². The van der Waals surface area contributed by atoms with Crippen molar-refractivity contribution in [3.05, 3.63) is 54.3 Å². The van der Waals surface area contributed by atoms with E-state index in [0.29, 0.717) is 33.9 Å². The van der Waals surface area contributed by atoms with Crippen LogP contribution in [0.5, 0.6) is 0 Å². The van der Waals surface area contributed by atoms with Crippen molar-refractivity contribution in [1.29, 1.82) is 0 Å². The van der Waals surface area contributed by atoms with Crippen molar-refractivity contribution < 1.29 is 18.8 Å². The molecule has 0 aliphatic carbocycles. The number of benzene rings is 1. The molecule has 0 unspecified atom stereocenters. The van der Waals surface area contributed by atoms with E-state index in [1.807, 2.05) is 17.6 Å². The SMILES string of the molecule is CCn1c(SCC(=O)NN2C(=O)N[C@@](C)(c3ccccc3)C2=O)nnc1-c1ccco1. The smallest absolute Gasteiger partial charge is 0.344 e. The van der Waals surface area contributed by atoms with Crippen LogP contribution in [0.4, 0.5) is 4.79 Å². The van der Waals surface area contributed by atoms with E-state index in [1.165, 1.54) is 0 Å². The maximum absolute atomic E-state index is 12.9. The lowest BCUT2D eigenvalue weighted by molar-refractivity contribution is -0.138. The van der Waals surface area contributed by atoms with Gasteiger partial charge in [-0.15, -0.1) is 10.2 Å². The minimum atomic E-state index is -1.25. The molecule has 0 radical (unpaired) electrons. The van der Waals surface area contributed by atoms with Gasteiger partial charge >= 0.3 is 6.03 Å². The molecule has 11 heteroatoms. The fraction of sp³-hybridized carbons (Fsp3) is 0.250. The molecule has 3 aromatic rings. The average Bonchev–Trinajstić information content (AvgIpc) is 3.49. The molecule has 4 rings (SSSR count). The van der Waals surface area contributed by atoms with Gasteiger partial charge in [0, 0.05) is 6.54 Å². The molecule has 10 nitrogen and oxygen atoms in total. The Morgan fingerprint density at radius 3 is 2.65 bits per heavy atom. The molecule has 2 aromatic heterocycles. The molecule has 1 saturated heterocycles. The Labute approximate surface area is 182 Å². The molecular weight excluding hydrogens is 420 g/mol. The summed E-state index contributed by atoms with van der Waals surface area (Å²) >= 11 is 1.15. The summed E-state index contributed by atoms with van der Waals surface area (Å²) in [6.07, 6.45) is 1.55. The number of hydrogen-bond acceptors (Lipinski definition) is 7. The Hall–Kier alpha value is -3.60.